The third-order valence-electron chi connectivity index (χ3n) is 2.67. The number of urea groups is 1. The molecule has 1 heterocycles. The third kappa shape index (κ3) is 3.47. The van der Waals surface area contributed by atoms with Gasteiger partial charge in [0.15, 0.2) is 0 Å². The molecular formula is C14H20N4O. The fourth-order valence-electron chi connectivity index (χ4n) is 1.86. The van der Waals surface area contributed by atoms with E-state index in [0.717, 1.165) is 22.4 Å². The molecule has 5 heteroatoms. The van der Waals surface area contributed by atoms with Crippen LogP contribution in [0.15, 0.2) is 18.2 Å². The number of aromatic nitrogens is 2. The second-order valence-electron chi connectivity index (χ2n) is 5.71. The highest BCUT2D eigenvalue weighted by molar-refractivity contribution is 5.79. The van der Waals surface area contributed by atoms with Crippen molar-refractivity contribution in [2.24, 2.45) is 0 Å². The molecule has 0 spiro atoms. The second-order valence-corrected chi connectivity index (χ2v) is 5.71. The minimum absolute atomic E-state index is 0.190. The van der Waals surface area contributed by atoms with Crippen LogP contribution in [-0.4, -0.2) is 21.5 Å². The molecule has 0 fully saturated rings. The number of carbonyl (C=O) groups excluding carboxylic acids is 1. The summed E-state index contributed by atoms with van der Waals surface area (Å²) in [7, 11) is 0. The van der Waals surface area contributed by atoms with Gasteiger partial charge in [0.25, 0.3) is 0 Å². The van der Waals surface area contributed by atoms with E-state index in [9.17, 15) is 4.79 Å². The second kappa shape index (κ2) is 4.91. The highest BCUT2D eigenvalue weighted by atomic mass is 16.2. The van der Waals surface area contributed by atoms with Crippen LogP contribution in [0.4, 0.5) is 4.79 Å². The first kappa shape index (κ1) is 13.4. The maximum Gasteiger partial charge on any atom is 0.315 e. The maximum absolute atomic E-state index is 11.7. The normalized spacial score (nSPS) is 11.6. The van der Waals surface area contributed by atoms with E-state index in [0.29, 0.717) is 6.54 Å². The molecule has 0 aliphatic rings. The number of H-pyrrole nitrogens is 1. The molecule has 2 amide bonds. The highest BCUT2D eigenvalue weighted by Crippen LogP contribution is 2.15. The molecule has 3 N–H and O–H groups in total. The molecule has 0 saturated carbocycles. The number of nitrogens with one attached hydrogen (secondary N) is 3. The van der Waals surface area contributed by atoms with Crippen LogP contribution in [0.3, 0.4) is 0 Å². The molecule has 19 heavy (non-hydrogen) atoms. The van der Waals surface area contributed by atoms with Gasteiger partial charge in [0.2, 0.25) is 0 Å². The van der Waals surface area contributed by atoms with Gasteiger partial charge in [0.05, 0.1) is 17.6 Å². The van der Waals surface area contributed by atoms with Gasteiger partial charge >= 0.3 is 6.03 Å². The van der Waals surface area contributed by atoms with Gasteiger partial charge in [0, 0.05) is 5.54 Å². The van der Waals surface area contributed by atoms with Gasteiger partial charge in [-0.15, -0.1) is 0 Å². The van der Waals surface area contributed by atoms with E-state index in [4.69, 9.17) is 0 Å². The van der Waals surface area contributed by atoms with Crippen LogP contribution >= 0.6 is 0 Å². The molecule has 0 unspecified atom stereocenters. The number of nitrogens with zero attached hydrogens (tertiary/aromatic N) is 1. The van der Waals surface area contributed by atoms with Crippen LogP contribution in [0.1, 0.15) is 32.2 Å². The lowest BCUT2D eigenvalue weighted by Gasteiger charge is -2.20. The largest absolute Gasteiger partial charge is 0.340 e. The lowest BCUT2D eigenvalue weighted by atomic mass is 10.1. The zero-order valence-corrected chi connectivity index (χ0v) is 11.8. The van der Waals surface area contributed by atoms with Gasteiger partial charge in [-0.05, 0) is 39.3 Å². The fraction of sp³-hybridized carbons (Fsp3) is 0.429. The predicted octanol–water partition coefficient (Wildman–Crippen LogP) is 2.47. The SMILES string of the molecule is Cc1cccc2[nH]c(CNC(=O)NC(C)(C)C)nc12. The predicted molar refractivity (Wildman–Crippen MR) is 76.0 cm³/mol. The molecule has 0 radical (unpaired) electrons. The Balaban J connectivity index is 2.02. The topological polar surface area (TPSA) is 69.8 Å². The van der Waals surface area contributed by atoms with Crippen molar-refractivity contribution < 1.29 is 4.79 Å². The van der Waals surface area contributed by atoms with E-state index in [1.165, 1.54) is 0 Å². The van der Waals surface area contributed by atoms with E-state index in [1.54, 1.807) is 0 Å². The minimum atomic E-state index is -0.242. The number of carbonyl (C=O) groups is 1. The number of benzene rings is 1. The average Bonchev–Trinajstić information content (AvgIpc) is 2.68. The van der Waals surface area contributed by atoms with Gasteiger partial charge in [-0.2, -0.15) is 0 Å². The van der Waals surface area contributed by atoms with Crippen LogP contribution in [0.2, 0.25) is 0 Å². The molecule has 5 nitrogen and oxygen atoms in total. The van der Waals surface area contributed by atoms with Crippen LogP contribution in [-0.2, 0) is 6.54 Å². The molecule has 0 bridgehead atoms. The molecule has 0 aliphatic carbocycles. The number of para-hydroxylation sites is 1. The maximum atomic E-state index is 11.7. The van der Waals surface area contributed by atoms with E-state index < -0.39 is 0 Å². The minimum Gasteiger partial charge on any atom is -0.340 e. The number of amides is 2. The molecule has 0 saturated heterocycles. The summed E-state index contributed by atoms with van der Waals surface area (Å²) < 4.78 is 0. The Morgan fingerprint density at radius 1 is 1.37 bits per heavy atom. The molecule has 1 aromatic heterocycles. The van der Waals surface area contributed by atoms with Crippen molar-refractivity contribution in [3.63, 3.8) is 0 Å². The van der Waals surface area contributed by atoms with Gasteiger partial charge in [-0.25, -0.2) is 9.78 Å². The van der Waals surface area contributed by atoms with E-state index in [-0.39, 0.29) is 11.6 Å². The van der Waals surface area contributed by atoms with Crippen LogP contribution < -0.4 is 10.6 Å². The first-order chi connectivity index (χ1) is 8.85. The van der Waals surface area contributed by atoms with Crippen molar-refractivity contribution in [3.05, 3.63) is 29.6 Å². The molecular weight excluding hydrogens is 240 g/mol. The van der Waals surface area contributed by atoms with Crippen molar-refractivity contribution in [2.45, 2.75) is 39.8 Å². The summed E-state index contributed by atoms with van der Waals surface area (Å²) in [5.41, 5.74) is 2.83. The summed E-state index contributed by atoms with van der Waals surface area (Å²) in [6.07, 6.45) is 0. The van der Waals surface area contributed by atoms with Gasteiger partial charge in [-0.1, -0.05) is 12.1 Å². The Morgan fingerprint density at radius 2 is 2.11 bits per heavy atom. The molecule has 1 aromatic carbocycles. The van der Waals surface area contributed by atoms with E-state index in [1.807, 2.05) is 45.9 Å². The summed E-state index contributed by atoms with van der Waals surface area (Å²) >= 11 is 0. The monoisotopic (exact) mass is 260 g/mol. The molecule has 102 valence electrons. The van der Waals surface area contributed by atoms with E-state index >= 15 is 0 Å². The van der Waals surface area contributed by atoms with Crippen molar-refractivity contribution in [3.8, 4) is 0 Å². The van der Waals surface area contributed by atoms with Crippen LogP contribution in [0, 0.1) is 6.92 Å². The molecule has 0 atom stereocenters. The number of aryl methyl sites for hydroxylation is 1. The number of aromatic amines is 1. The summed E-state index contributed by atoms with van der Waals surface area (Å²) in [5.74, 6) is 0.758. The first-order valence-electron chi connectivity index (χ1n) is 6.35. The summed E-state index contributed by atoms with van der Waals surface area (Å²) in [5, 5.41) is 5.63. The number of imidazole rings is 1. The highest BCUT2D eigenvalue weighted by Gasteiger charge is 2.13. The summed E-state index contributed by atoms with van der Waals surface area (Å²) in [6.45, 7) is 8.23. The Morgan fingerprint density at radius 3 is 2.74 bits per heavy atom. The lowest BCUT2D eigenvalue weighted by molar-refractivity contribution is 0.231. The summed E-state index contributed by atoms with van der Waals surface area (Å²) in [4.78, 5) is 19.3. The van der Waals surface area contributed by atoms with Gasteiger partial charge < -0.3 is 15.6 Å². The zero-order valence-electron chi connectivity index (χ0n) is 11.8. The van der Waals surface area contributed by atoms with Crippen molar-refractivity contribution in [2.75, 3.05) is 0 Å². The zero-order chi connectivity index (χ0) is 14.0. The van der Waals surface area contributed by atoms with Crippen LogP contribution in [0.5, 0.6) is 0 Å². The van der Waals surface area contributed by atoms with Crippen molar-refractivity contribution in [1.82, 2.24) is 20.6 Å². The molecule has 2 rings (SSSR count). The number of rotatable bonds is 2. The summed E-state index contributed by atoms with van der Waals surface area (Å²) in [6, 6.07) is 5.80. The Bertz CT molecular complexity index is 595. The first-order valence-corrected chi connectivity index (χ1v) is 6.35. The van der Waals surface area contributed by atoms with Crippen molar-refractivity contribution in [1.29, 1.82) is 0 Å². The number of hydrogen-bond donors (Lipinski definition) is 3. The van der Waals surface area contributed by atoms with E-state index in [2.05, 4.69) is 20.6 Å². The lowest BCUT2D eigenvalue weighted by Crippen LogP contribution is -2.46. The van der Waals surface area contributed by atoms with Crippen LogP contribution in [0.25, 0.3) is 11.0 Å². The Hall–Kier alpha value is -2.04. The number of hydrogen-bond acceptors (Lipinski definition) is 2. The third-order valence-corrected chi connectivity index (χ3v) is 2.67. The fourth-order valence-corrected chi connectivity index (χ4v) is 1.86. The quantitative estimate of drug-likeness (QED) is 0.776. The molecule has 2 aromatic rings. The average molecular weight is 260 g/mol. The van der Waals surface area contributed by atoms with Gasteiger partial charge in [0.1, 0.15) is 5.82 Å². The smallest absolute Gasteiger partial charge is 0.315 e. The Kier molecular flexibility index (Phi) is 3.46. The van der Waals surface area contributed by atoms with Crippen molar-refractivity contribution >= 4 is 17.1 Å². The Labute approximate surface area is 112 Å². The molecule has 0 aliphatic heterocycles. The standard InChI is InChI=1S/C14H20N4O/c1-9-6-5-7-10-12(9)17-11(16-10)8-15-13(19)18-14(2,3)4/h5-7H,8H2,1-4H3,(H,16,17)(H2,15,18,19). The van der Waals surface area contributed by atoms with Gasteiger partial charge in [-0.3, -0.25) is 0 Å². The number of fused-ring (bicyclic) bond motifs is 1.